The van der Waals surface area contributed by atoms with Crippen molar-refractivity contribution < 1.29 is 14.3 Å². The molecule has 1 unspecified atom stereocenters. The van der Waals surface area contributed by atoms with E-state index in [2.05, 4.69) is 33.9 Å². The van der Waals surface area contributed by atoms with Gasteiger partial charge in [-0.05, 0) is 45.7 Å². The molecule has 2 aromatic heterocycles. The Bertz CT molecular complexity index is 974. The Morgan fingerprint density at radius 3 is 2.62 bits per heavy atom. The van der Waals surface area contributed by atoms with Crippen LogP contribution in [-0.2, 0) is 16.6 Å². The van der Waals surface area contributed by atoms with Gasteiger partial charge >= 0.3 is 6.09 Å². The number of carbonyl (C=O) groups excluding carboxylic acids is 2. The molecule has 0 aromatic carbocycles. The molecule has 32 heavy (non-hydrogen) atoms. The van der Waals surface area contributed by atoms with Crippen molar-refractivity contribution in [3.05, 3.63) is 55.5 Å². The number of alkyl carbamates (subject to hydrolysis) is 1. The summed E-state index contributed by atoms with van der Waals surface area (Å²) in [6, 6.07) is 3.28. The van der Waals surface area contributed by atoms with E-state index >= 15 is 0 Å². The molecule has 0 aliphatic carbocycles. The first kappa shape index (κ1) is 24.8. The lowest BCUT2D eigenvalue weighted by atomic mass is 10.0. The minimum absolute atomic E-state index is 0.137. The van der Waals surface area contributed by atoms with Gasteiger partial charge in [0, 0.05) is 18.8 Å². The van der Waals surface area contributed by atoms with Crippen LogP contribution >= 0.6 is 0 Å². The Morgan fingerprint density at radius 2 is 2.03 bits per heavy atom. The highest BCUT2D eigenvalue weighted by molar-refractivity contribution is 5.96. The third-order valence-corrected chi connectivity index (χ3v) is 4.76. The Kier molecular flexibility index (Phi) is 8.34. The van der Waals surface area contributed by atoms with Crippen LogP contribution in [-0.4, -0.2) is 32.4 Å². The molecule has 8 heteroatoms. The van der Waals surface area contributed by atoms with Crippen molar-refractivity contribution in [3.8, 4) is 11.3 Å². The minimum Gasteiger partial charge on any atom is -0.444 e. The van der Waals surface area contributed by atoms with Gasteiger partial charge in [0.1, 0.15) is 5.60 Å². The van der Waals surface area contributed by atoms with Gasteiger partial charge in [0.25, 0.3) is 0 Å². The van der Waals surface area contributed by atoms with Crippen molar-refractivity contribution >= 4 is 17.7 Å². The molecular weight excluding hydrogens is 406 g/mol. The number of nitrogens with zero attached hydrogens (tertiary/aromatic N) is 3. The zero-order valence-corrected chi connectivity index (χ0v) is 19.5. The minimum atomic E-state index is -0.609. The molecule has 2 amide bonds. The van der Waals surface area contributed by atoms with E-state index in [1.807, 2.05) is 39.8 Å². The summed E-state index contributed by atoms with van der Waals surface area (Å²) in [5.41, 5.74) is 2.16. The number of rotatable bonds is 9. The summed E-state index contributed by atoms with van der Waals surface area (Å²) in [6.45, 7) is 14.9. The highest BCUT2D eigenvalue weighted by Gasteiger charge is 2.22. The normalized spacial score (nSPS) is 13.0. The molecule has 0 aliphatic rings. The fraction of sp³-hybridized carbons (Fsp3) is 0.417. The molecule has 8 nitrogen and oxygen atoms in total. The fourth-order valence-corrected chi connectivity index (χ4v) is 3.21. The largest absolute Gasteiger partial charge is 0.444 e. The summed E-state index contributed by atoms with van der Waals surface area (Å²) < 4.78 is 7.07. The van der Waals surface area contributed by atoms with Gasteiger partial charge in [0.15, 0.2) is 0 Å². The van der Waals surface area contributed by atoms with E-state index in [9.17, 15) is 9.59 Å². The molecule has 0 saturated heterocycles. The van der Waals surface area contributed by atoms with Crippen molar-refractivity contribution in [1.29, 1.82) is 0 Å². The van der Waals surface area contributed by atoms with E-state index in [-0.39, 0.29) is 11.8 Å². The Balaban J connectivity index is 2.35. The summed E-state index contributed by atoms with van der Waals surface area (Å²) >= 11 is 0. The third-order valence-electron chi connectivity index (χ3n) is 4.76. The average molecular weight is 440 g/mol. The molecule has 0 saturated carbocycles. The van der Waals surface area contributed by atoms with E-state index in [0.717, 1.165) is 11.3 Å². The molecule has 2 N–H and O–H groups in total. The smallest absolute Gasteiger partial charge is 0.408 e. The molecular formula is C24H33N5O3. The van der Waals surface area contributed by atoms with Crippen molar-refractivity contribution in [1.82, 2.24) is 20.1 Å². The average Bonchev–Trinajstić information content (AvgIpc) is 3.07. The van der Waals surface area contributed by atoms with Crippen molar-refractivity contribution in [3.63, 3.8) is 0 Å². The lowest BCUT2D eigenvalue weighted by molar-refractivity contribution is -0.118. The maximum absolute atomic E-state index is 12.6. The van der Waals surface area contributed by atoms with Gasteiger partial charge in [-0.25, -0.2) is 4.79 Å². The number of aryl methyl sites for hydroxylation is 1. The van der Waals surface area contributed by atoms with Crippen LogP contribution in [0.5, 0.6) is 0 Å². The Labute approximate surface area is 189 Å². The molecule has 172 valence electrons. The summed E-state index contributed by atoms with van der Waals surface area (Å²) in [6.07, 6.45) is 7.23. The highest BCUT2D eigenvalue weighted by Crippen LogP contribution is 2.30. The van der Waals surface area contributed by atoms with E-state index in [0.29, 0.717) is 24.2 Å². The van der Waals surface area contributed by atoms with Crippen molar-refractivity contribution in [2.45, 2.75) is 52.2 Å². The van der Waals surface area contributed by atoms with E-state index in [1.54, 1.807) is 36.3 Å². The first-order chi connectivity index (χ1) is 15.1. The standard InChI is InChI=1S/C24H33N5O3/c1-8-11-18(28-23(31)32-24(4,5)6)19-14-17(12-13-25-19)21-20(15-26-29(21)7)27-22(30)16(9-2)10-3/h8-9,12-16,18H,1-2,10-11H2,3-7H3,(H,27,30)(H,28,31)/t16?,18-/m0/s1. The highest BCUT2D eigenvalue weighted by atomic mass is 16.6. The lowest BCUT2D eigenvalue weighted by Gasteiger charge is -2.23. The third kappa shape index (κ3) is 6.54. The number of ether oxygens (including phenoxy) is 1. The summed E-state index contributed by atoms with van der Waals surface area (Å²) in [7, 11) is 1.80. The molecule has 0 fully saturated rings. The zero-order valence-electron chi connectivity index (χ0n) is 19.5. The monoisotopic (exact) mass is 439 g/mol. The first-order valence-corrected chi connectivity index (χ1v) is 10.6. The van der Waals surface area contributed by atoms with Crippen LogP contribution in [0.2, 0.25) is 0 Å². The zero-order chi connectivity index (χ0) is 23.9. The van der Waals surface area contributed by atoms with Gasteiger partial charge in [-0.2, -0.15) is 5.10 Å². The first-order valence-electron chi connectivity index (χ1n) is 10.6. The van der Waals surface area contributed by atoms with Crippen LogP contribution in [0.1, 0.15) is 52.3 Å². The molecule has 2 rings (SSSR count). The van der Waals surface area contributed by atoms with Crippen LogP contribution < -0.4 is 10.6 Å². The predicted molar refractivity (Wildman–Crippen MR) is 126 cm³/mol. The molecule has 0 radical (unpaired) electrons. The van der Waals surface area contributed by atoms with Crippen LogP contribution in [0.15, 0.2) is 49.8 Å². The second-order valence-corrected chi connectivity index (χ2v) is 8.46. The Morgan fingerprint density at radius 1 is 1.31 bits per heavy atom. The van der Waals surface area contributed by atoms with E-state index < -0.39 is 17.7 Å². The van der Waals surface area contributed by atoms with Gasteiger partial charge in [-0.15, -0.1) is 13.2 Å². The number of pyridine rings is 1. The lowest BCUT2D eigenvalue weighted by Crippen LogP contribution is -2.35. The number of anilines is 1. The maximum atomic E-state index is 12.6. The van der Waals surface area contributed by atoms with Crippen molar-refractivity contribution in [2.75, 3.05) is 5.32 Å². The molecule has 2 heterocycles. The number of carbonyl (C=O) groups is 2. The second kappa shape index (κ2) is 10.7. The molecule has 0 aliphatic heterocycles. The van der Waals surface area contributed by atoms with Gasteiger partial charge in [-0.1, -0.05) is 19.1 Å². The van der Waals surface area contributed by atoms with Gasteiger partial charge in [-0.3, -0.25) is 14.5 Å². The van der Waals surface area contributed by atoms with E-state index in [4.69, 9.17) is 4.74 Å². The van der Waals surface area contributed by atoms with Gasteiger partial charge in [0.05, 0.1) is 35.2 Å². The number of aromatic nitrogens is 3. The predicted octanol–water partition coefficient (Wildman–Crippen LogP) is 4.77. The van der Waals surface area contributed by atoms with E-state index in [1.165, 1.54) is 0 Å². The fourth-order valence-electron chi connectivity index (χ4n) is 3.21. The number of nitrogens with one attached hydrogen (secondary N) is 2. The SMILES string of the molecule is C=CC[C@H](NC(=O)OC(C)(C)C)c1cc(-c2c(NC(=O)C(C=C)CC)cnn2C)ccn1. The van der Waals surface area contributed by atoms with Gasteiger partial charge in [0.2, 0.25) is 5.91 Å². The van der Waals surface area contributed by atoms with Gasteiger partial charge < -0.3 is 15.4 Å². The van der Waals surface area contributed by atoms with Crippen LogP contribution in [0.25, 0.3) is 11.3 Å². The molecule has 2 atom stereocenters. The van der Waals surface area contributed by atoms with Crippen LogP contribution in [0.3, 0.4) is 0 Å². The number of hydrogen-bond donors (Lipinski definition) is 2. The molecule has 2 aromatic rings. The summed E-state index contributed by atoms with van der Waals surface area (Å²) in [4.78, 5) is 29.3. The topological polar surface area (TPSA) is 98.1 Å². The molecule has 0 spiro atoms. The Hall–Kier alpha value is -3.42. The second-order valence-electron chi connectivity index (χ2n) is 8.46. The quantitative estimate of drug-likeness (QED) is 0.548. The number of amides is 2. The van der Waals surface area contributed by atoms with Crippen molar-refractivity contribution in [2.24, 2.45) is 13.0 Å². The maximum Gasteiger partial charge on any atom is 0.408 e. The number of hydrogen-bond acceptors (Lipinski definition) is 5. The van der Waals surface area contributed by atoms with Crippen LogP contribution in [0, 0.1) is 5.92 Å². The van der Waals surface area contributed by atoms with Crippen LogP contribution in [0.4, 0.5) is 10.5 Å². The summed E-state index contributed by atoms with van der Waals surface area (Å²) in [5, 5.41) is 10.1. The summed E-state index contributed by atoms with van der Waals surface area (Å²) in [5.74, 6) is -0.423. The molecule has 0 bridgehead atoms.